The lowest BCUT2D eigenvalue weighted by atomic mass is 10.4. The first-order valence-electron chi connectivity index (χ1n) is 3.43. The molecule has 4 nitrogen and oxygen atoms in total. The summed E-state index contributed by atoms with van der Waals surface area (Å²) in [5.74, 6) is 0. The Bertz CT molecular complexity index is 196. The Morgan fingerprint density at radius 2 is 1.54 bits per heavy atom. The Morgan fingerprint density at radius 1 is 1.23 bits per heavy atom. The van der Waals surface area contributed by atoms with Gasteiger partial charge in [-0.15, -0.1) is 12.4 Å². The van der Waals surface area contributed by atoms with Gasteiger partial charge in [0.15, 0.2) is 0 Å². The molecule has 0 saturated carbocycles. The van der Waals surface area contributed by atoms with E-state index in [4.69, 9.17) is 8.42 Å². The zero-order chi connectivity index (χ0) is 9.61. The molecule has 1 heterocycles. The first kappa shape index (κ1) is 16.2. The molecular weight excluding hydrogens is 258 g/mol. The van der Waals surface area contributed by atoms with Gasteiger partial charge in [-0.2, -0.15) is 8.42 Å². The van der Waals surface area contributed by atoms with Crippen LogP contribution in [-0.2, 0) is 8.26 Å². The van der Waals surface area contributed by atoms with E-state index in [2.05, 4.69) is 38.6 Å². The van der Waals surface area contributed by atoms with Crippen LogP contribution in [0.5, 0.6) is 0 Å². The fourth-order valence-corrected chi connectivity index (χ4v) is 0.777. The van der Waals surface area contributed by atoms with Crippen LogP contribution in [0.15, 0.2) is 0 Å². The summed E-state index contributed by atoms with van der Waals surface area (Å²) in [5, 5.41) is 3.27. The van der Waals surface area contributed by atoms with Crippen LogP contribution in [0.1, 0.15) is 0 Å². The molecule has 0 unspecified atom stereocenters. The third-order valence-corrected chi connectivity index (χ3v) is 1.34. The van der Waals surface area contributed by atoms with Crippen LogP contribution in [0.4, 0.5) is 0 Å². The lowest BCUT2D eigenvalue weighted by Crippen LogP contribution is -2.40. The molecule has 0 aromatic heterocycles. The molecule has 0 aromatic rings. The summed E-state index contributed by atoms with van der Waals surface area (Å²) in [6, 6.07) is 0. The van der Waals surface area contributed by atoms with Gasteiger partial charge in [0.05, 0.1) is 0 Å². The Labute approximate surface area is 93.9 Å². The molecule has 1 fully saturated rings. The molecule has 82 valence electrons. The molecule has 1 saturated heterocycles. The maximum Gasteiger partial charge on any atom is 0.317 e. The van der Waals surface area contributed by atoms with E-state index in [0.29, 0.717) is 0 Å². The summed E-state index contributed by atoms with van der Waals surface area (Å²) in [6.07, 6.45) is 0. The van der Waals surface area contributed by atoms with Gasteiger partial charge in [-0.25, -0.2) is 0 Å². The van der Waals surface area contributed by atoms with Crippen molar-refractivity contribution in [2.45, 2.75) is 0 Å². The monoisotopic (exact) mass is 270 g/mol. The molecule has 0 amide bonds. The quantitative estimate of drug-likeness (QED) is 0.658. The SMILES string of the molecule is CN1CCNCC1.Cl.O=S(=O)(Cl)Cl. The Hall–Kier alpha value is 0.740. The number of piperazine rings is 1. The fourth-order valence-electron chi connectivity index (χ4n) is 0.777. The van der Waals surface area contributed by atoms with Gasteiger partial charge in [-0.05, 0) is 7.05 Å². The molecular formula is C5H13Cl3N2O2S. The number of likely N-dealkylation sites (N-methyl/N-ethyl adjacent to an activating group) is 1. The highest BCUT2D eigenvalue weighted by atomic mass is 36.0. The normalized spacial score (nSPS) is 18.1. The van der Waals surface area contributed by atoms with Gasteiger partial charge in [0.2, 0.25) is 0 Å². The highest BCUT2D eigenvalue weighted by Gasteiger charge is 2.01. The van der Waals surface area contributed by atoms with Crippen molar-refractivity contribution >= 4 is 42.0 Å². The average molecular weight is 272 g/mol. The van der Waals surface area contributed by atoms with Crippen LogP contribution in [0, 0.1) is 0 Å². The molecule has 1 N–H and O–H groups in total. The van der Waals surface area contributed by atoms with Crippen molar-refractivity contribution < 1.29 is 8.42 Å². The number of nitrogens with zero attached hydrogens (tertiary/aromatic N) is 1. The standard InChI is InChI=1S/C5H12N2.Cl2O2S.ClH/c1-7-4-2-6-3-5-7;1-5(2,3)4;/h6H,2-5H2,1H3;;1H. The number of hydrogen-bond acceptors (Lipinski definition) is 4. The van der Waals surface area contributed by atoms with Gasteiger partial charge in [-0.3, -0.25) is 0 Å². The summed E-state index contributed by atoms with van der Waals surface area (Å²) >= 11 is 0. The van der Waals surface area contributed by atoms with E-state index in [1.807, 2.05) is 0 Å². The minimum absolute atomic E-state index is 0. The van der Waals surface area contributed by atoms with E-state index in [-0.39, 0.29) is 12.4 Å². The molecule has 13 heavy (non-hydrogen) atoms. The summed E-state index contributed by atoms with van der Waals surface area (Å²) < 4.78 is 18.3. The summed E-state index contributed by atoms with van der Waals surface area (Å²) in [7, 11) is 6.97. The predicted molar refractivity (Wildman–Crippen MR) is 58.2 cm³/mol. The van der Waals surface area contributed by atoms with Crippen LogP contribution >= 0.6 is 33.8 Å². The Balaban J connectivity index is 0. The third-order valence-electron chi connectivity index (χ3n) is 1.34. The van der Waals surface area contributed by atoms with Crippen LogP contribution in [0.25, 0.3) is 0 Å². The summed E-state index contributed by atoms with van der Waals surface area (Å²) in [6.45, 7) is 4.74. The van der Waals surface area contributed by atoms with Crippen molar-refractivity contribution in [2.75, 3.05) is 33.2 Å². The van der Waals surface area contributed by atoms with Crippen LogP contribution in [-0.4, -0.2) is 46.5 Å². The predicted octanol–water partition coefficient (Wildman–Crippen LogP) is 0.652. The van der Waals surface area contributed by atoms with Crippen molar-refractivity contribution in [1.82, 2.24) is 10.2 Å². The lowest BCUT2D eigenvalue weighted by Gasteiger charge is -2.21. The van der Waals surface area contributed by atoms with E-state index in [1.54, 1.807) is 0 Å². The molecule has 1 aliphatic heterocycles. The van der Waals surface area contributed by atoms with Gasteiger partial charge in [-0.1, -0.05) is 0 Å². The molecule has 0 spiro atoms. The second kappa shape index (κ2) is 8.08. The molecule has 8 heteroatoms. The van der Waals surface area contributed by atoms with Gasteiger partial charge in [0, 0.05) is 47.5 Å². The van der Waals surface area contributed by atoms with E-state index in [1.165, 1.54) is 13.1 Å². The summed E-state index contributed by atoms with van der Waals surface area (Å²) in [4.78, 5) is 2.33. The fraction of sp³-hybridized carbons (Fsp3) is 1.00. The Kier molecular flexibility index (Phi) is 10.1. The first-order chi connectivity index (χ1) is 5.39. The largest absolute Gasteiger partial charge is 0.317 e. The van der Waals surface area contributed by atoms with Crippen molar-refractivity contribution in [3.8, 4) is 0 Å². The van der Waals surface area contributed by atoms with Crippen molar-refractivity contribution in [3.63, 3.8) is 0 Å². The van der Waals surface area contributed by atoms with Crippen molar-refractivity contribution in [3.05, 3.63) is 0 Å². The first-order valence-corrected chi connectivity index (χ1v) is 6.56. The topological polar surface area (TPSA) is 49.4 Å². The third kappa shape index (κ3) is 19.2. The lowest BCUT2D eigenvalue weighted by molar-refractivity contribution is 0.291. The Morgan fingerprint density at radius 3 is 1.69 bits per heavy atom. The second-order valence-electron chi connectivity index (χ2n) is 2.43. The number of halogens is 3. The van der Waals surface area contributed by atoms with E-state index in [9.17, 15) is 0 Å². The molecule has 0 aliphatic carbocycles. The number of nitrogens with one attached hydrogen (secondary N) is 1. The van der Waals surface area contributed by atoms with Crippen LogP contribution in [0.2, 0.25) is 0 Å². The molecule has 1 rings (SSSR count). The van der Waals surface area contributed by atoms with E-state index < -0.39 is 8.26 Å². The molecule has 1 aliphatic rings. The van der Waals surface area contributed by atoms with E-state index >= 15 is 0 Å². The molecule has 0 atom stereocenters. The van der Waals surface area contributed by atoms with Crippen molar-refractivity contribution in [1.29, 1.82) is 0 Å². The summed E-state index contributed by atoms with van der Waals surface area (Å²) in [5.41, 5.74) is 0. The maximum atomic E-state index is 9.16. The average Bonchev–Trinajstić information content (AvgIpc) is 1.85. The highest BCUT2D eigenvalue weighted by molar-refractivity contribution is 8.31. The maximum absolute atomic E-state index is 9.16. The van der Waals surface area contributed by atoms with Gasteiger partial charge >= 0.3 is 8.26 Å². The highest BCUT2D eigenvalue weighted by Crippen LogP contribution is 1.98. The van der Waals surface area contributed by atoms with Gasteiger partial charge in [0.1, 0.15) is 0 Å². The smallest absolute Gasteiger partial charge is 0.314 e. The van der Waals surface area contributed by atoms with Gasteiger partial charge in [0.25, 0.3) is 0 Å². The second-order valence-corrected chi connectivity index (χ2v) is 6.10. The van der Waals surface area contributed by atoms with Crippen LogP contribution < -0.4 is 5.32 Å². The van der Waals surface area contributed by atoms with Gasteiger partial charge < -0.3 is 10.2 Å². The zero-order valence-corrected chi connectivity index (χ0v) is 10.3. The van der Waals surface area contributed by atoms with E-state index in [0.717, 1.165) is 13.1 Å². The van der Waals surface area contributed by atoms with Crippen LogP contribution in [0.3, 0.4) is 0 Å². The number of hydrogen-bond donors (Lipinski definition) is 1. The zero-order valence-electron chi connectivity index (χ0n) is 7.16. The molecule has 0 radical (unpaired) electrons. The molecule has 0 aromatic carbocycles. The van der Waals surface area contributed by atoms with Crippen molar-refractivity contribution in [2.24, 2.45) is 0 Å². The minimum Gasteiger partial charge on any atom is -0.314 e. The number of rotatable bonds is 0. The molecule has 0 bridgehead atoms. The minimum atomic E-state index is -3.72.